The molecule has 14 nitrogen and oxygen atoms in total. The van der Waals surface area contributed by atoms with E-state index in [-0.39, 0.29) is 46.4 Å². The number of methoxy groups -OCH3 is 6. The molecule has 0 spiro atoms. The molecule has 14 heteroatoms. The highest BCUT2D eigenvalue weighted by molar-refractivity contribution is 5.96. The summed E-state index contributed by atoms with van der Waals surface area (Å²) in [6.07, 6.45) is -4.75. The second-order valence-electron chi connectivity index (χ2n) is 8.68. The number of carbonyl (C=O) groups excluding carboxylic acids is 2. The van der Waals surface area contributed by atoms with Gasteiger partial charge in [-0.2, -0.15) is 0 Å². The van der Waals surface area contributed by atoms with E-state index in [0.29, 0.717) is 5.75 Å². The Morgan fingerprint density at radius 3 is 1.52 bits per heavy atom. The molecular weight excluding hydrogens is 532 g/mol. The van der Waals surface area contributed by atoms with Gasteiger partial charge in [-0.05, 0) is 24.3 Å². The lowest BCUT2D eigenvalue weighted by molar-refractivity contribution is -0.172. The highest BCUT2D eigenvalue weighted by atomic mass is 16.6. The normalized spacial score (nSPS) is 21.8. The summed E-state index contributed by atoms with van der Waals surface area (Å²) >= 11 is 0. The summed E-state index contributed by atoms with van der Waals surface area (Å²) in [6, 6.07) is 5.68. The molecule has 0 saturated carbocycles. The lowest BCUT2D eigenvalue weighted by atomic mass is 9.94. The molecule has 0 aliphatic carbocycles. The van der Waals surface area contributed by atoms with Crippen LogP contribution in [0.5, 0.6) is 34.5 Å². The van der Waals surface area contributed by atoms with E-state index in [1.807, 2.05) is 0 Å². The van der Waals surface area contributed by atoms with Gasteiger partial charge in [-0.3, -0.25) is 9.59 Å². The zero-order valence-electron chi connectivity index (χ0n) is 23.0. The summed E-state index contributed by atoms with van der Waals surface area (Å²) in [6.45, 7) is -0.862. The van der Waals surface area contributed by atoms with E-state index in [0.717, 1.165) is 0 Å². The van der Waals surface area contributed by atoms with Crippen LogP contribution < -0.4 is 39.1 Å². The number of aliphatic hydroxyl groups is 3. The maximum atomic E-state index is 12.8. The van der Waals surface area contributed by atoms with E-state index in [1.54, 1.807) is 0 Å². The van der Waals surface area contributed by atoms with Gasteiger partial charge in [-0.25, -0.2) is 0 Å². The summed E-state index contributed by atoms with van der Waals surface area (Å²) in [5.41, 5.74) is -2.01. The van der Waals surface area contributed by atoms with Crippen LogP contribution in [-0.2, 0) is 4.74 Å². The van der Waals surface area contributed by atoms with E-state index < -0.39 is 42.5 Å². The third-order valence-corrected chi connectivity index (χ3v) is 6.45. The van der Waals surface area contributed by atoms with E-state index >= 15 is 0 Å². The number of aliphatic hydroxyl groups excluding tert-OH is 2. The van der Waals surface area contributed by atoms with Crippen LogP contribution in [0.15, 0.2) is 24.3 Å². The smallest absolute Gasteiger partial charge is 0.251 e. The van der Waals surface area contributed by atoms with Crippen molar-refractivity contribution in [3.8, 4) is 34.5 Å². The number of hydrogen-bond acceptors (Lipinski definition) is 12. The number of benzene rings is 2. The van der Waals surface area contributed by atoms with Crippen LogP contribution in [0, 0.1) is 0 Å². The minimum absolute atomic E-state index is 0.107. The molecule has 220 valence electrons. The number of rotatable bonds is 12. The van der Waals surface area contributed by atoms with Gasteiger partial charge in [0.25, 0.3) is 11.8 Å². The Bertz CT molecular complexity index is 1170. The van der Waals surface area contributed by atoms with Crippen LogP contribution in [0.3, 0.4) is 0 Å². The molecule has 2 aromatic rings. The molecule has 0 aromatic heterocycles. The summed E-state index contributed by atoms with van der Waals surface area (Å²) in [7, 11) is 8.45. The van der Waals surface area contributed by atoms with Gasteiger partial charge in [0.1, 0.15) is 12.2 Å². The van der Waals surface area contributed by atoms with Crippen molar-refractivity contribution in [2.75, 3.05) is 55.7 Å². The SMILES string of the molecule is COc1cc(C(=O)NC[C@H]2OC(O)[C@@](O)(CNC(=O)c3cc(OC)c(OC)c(OC)c3)[C@@H]2O)cc(OC)c1OC. The van der Waals surface area contributed by atoms with Gasteiger partial charge < -0.3 is 59.1 Å². The van der Waals surface area contributed by atoms with Gasteiger partial charge in [-0.15, -0.1) is 0 Å². The fraction of sp³-hybridized carbons (Fsp3) is 0.462. The molecule has 0 bridgehead atoms. The lowest BCUT2D eigenvalue weighted by Gasteiger charge is -2.28. The highest BCUT2D eigenvalue weighted by Crippen LogP contribution is 2.39. The minimum atomic E-state index is -2.28. The van der Waals surface area contributed by atoms with E-state index in [9.17, 15) is 24.9 Å². The lowest BCUT2D eigenvalue weighted by Crippen LogP contribution is -2.56. The quantitative estimate of drug-likeness (QED) is 0.227. The Balaban J connectivity index is 1.67. The van der Waals surface area contributed by atoms with Crippen molar-refractivity contribution in [2.24, 2.45) is 0 Å². The summed E-state index contributed by atoms with van der Waals surface area (Å²) in [4.78, 5) is 25.6. The van der Waals surface area contributed by atoms with Crippen LogP contribution in [0.1, 0.15) is 20.7 Å². The Hall–Kier alpha value is -3.98. The van der Waals surface area contributed by atoms with Gasteiger partial charge in [0.05, 0.1) is 49.2 Å². The van der Waals surface area contributed by atoms with E-state index in [2.05, 4.69) is 10.6 Å². The van der Waals surface area contributed by atoms with E-state index in [1.165, 1.54) is 66.9 Å². The Kier molecular flexibility index (Phi) is 9.87. The Morgan fingerprint density at radius 1 is 0.750 bits per heavy atom. The van der Waals surface area contributed by atoms with Crippen molar-refractivity contribution in [1.29, 1.82) is 0 Å². The van der Waals surface area contributed by atoms with Gasteiger partial charge in [0.15, 0.2) is 34.9 Å². The van der Waals surface area contributed by atoms with Gasteiger partial charge in [0.2, 0.25) is 11.5 Å². The molecule has 2 amide bonds. The van der Waals surface area contributed by atoms with E-state index in [4.69, 9.17) is 33.2 Å². The predicted octanol–water partition coefficient (Wildman–Crippen LogP) is -0.293. The first-order valence-corrected chi connectivity index (χ1v) is 12.0. The minimum Gasteiger partial charge on any atom is -0.493 e. The van der Waals surface area contributed by atoms with Crippen molar-refractivity contribution < 1.29 is 58.1 Å². The van der Waals surface area contributed by atoms with Gasteiger partial charge in [0, 0.05) is 17.7 Å². The van der Waals surface area contributed by atoms with Crippen LogP contribution >= 0.6 is 0 Å². The highest BCUT2D eigenvalue weighted by Gasteiger charge is 2.55. The molecular formula is C26H34N2O12. The van der Waals surface area contributed by atoms with Crippen molar-refractivity contribution in [3.05, 3.63) is 35.4 Å². The molecule has 1 saturated heterocycles. The largest absolute Gasteiger partial charge is 0.493 e. The molecule has 1 aliphatic heterocycles. The molecule has 4 atom stereocenters. The number of ether oxygens (including phenoxy) is 7. The number of hydrogen-bond donors (Lipinski definition) is 5. The van der Waals surface area contributed by atoms with Gasteiger partial charge >= 0.3 is 0 Å². The third kappa shape index (κ3) is 5.94. The van der Waals surface area contributed by atoms with Crippen LogP contribution in [0.25, 0.3) is 0 Å². The molecule has 1 unspecified atom stereocenters. The Morgan fingerprint density at radius 2 is 1.15 bits per heavy atom. The molecule has 1 fully saturated rings. The molecule has 40 heavy (non-hydrogen) atoms. The molecule has 3 rings (SSSR count). The molecule has 2 aromatic carbocycles. The number of carbonyl (C=O) groups is 2. The Labute approximate surface area is 230 Å². The number of nitrogens with one attached hydrogen (secondary N) is 2. The summed E-state index contributed by atoms with van der Waals surface area (Å²) in [5.74, 6) is 0.343. The van der Waals surface area contributed by atoms with Crippen molar-refractivity contribution in [3.63, 3.8) is 0 Å². The fourth-order valence-electron chi connectivity index (χ4n) is 4.22. The van der Waals surface area contributed by atoms with Crippen LogP contribution in [-0.4, -0.2) is 107 Å². The maximum Gasteiger partial charge on any atom is 0.251 e. The number of amides is 2. The van der Waals surface area contributed by atoms with Crippen LogP contribution in [0.2, 0.25) is 0 Å². The van der Waals surface area contributed by atoms with Crippen LogP contribution in [0.4, 0.5) is 0 Å². The van der Waals surface area contributed by atoms with Gasteiger partial charge in [-0.1, -0.05) is 0 Å². The molecule has 0 radical (unpaired) electrons. The molecule has 5 N–H and O–H groups in total. The molecule has 1 heterocycles. The summed E-state index contributed by atoms with van der Waals surface area (Å²) < 4.78 is 36.8. The first-order chi connectivity index (χ1) is 19.1. The standard InChI is InChI=1S/C26H34N2O12/c1-34-15-7-13(8-16(35-2)20(15)38-5)23(30)27-11-19-22(29)26(33,25(32)40-19)12-28-24(31)14-9-17(36-3)21(39-6)18(10-14)37-4/h7-10,19,22,25,29,32-33H,11-12H2,1-6H3,(H,27,30)(H,28,31)/t19-,22-,25?,26-/m1/s1. The first-order valence-electron chi connectivity index (χ1n) is 12.0. The van der Waals surface area contributed by atoms with Crippen molar-refractivity contribution >= 4 is 11.8 Å². The van der Waals surface area contributed by atoms with Crippen molar-refractivity contribution in [2.45, 2.75) is 24.1 Å². The monoisotopic (exact) mass is 566 g/mol. The maximum absolute atomic E-state index is 12.8. The third-order valence-electron chi connectivity index (χ3n) is 6.45. The zero-order chi connectivity index (χ0) is 29.6. The zero-order valence-corrected chi connectivity index (χ0v) is 23.0. The average molecular weight is 567 g/mol. The first kappa shape index (κ1) is 30.6. The predicted molar refractivity (Wildman–Crippen MR) is 139 cm³/mol. The average Bonchev–Trinajstić information content (AvgIpc) is 3.19. The second-order valence-corrected chi connectivity index (χ2v) is 8.68. The molecule has 1 aliphatic rings. The topological polar surface area (TPSA) is 183 Å². The fourth-order valence-corrected chi connectivity index (χ4v) is 4.22. The van der Waals surface area contributed by atoms with Crippen molar-refractivity contribution in [1.82, 2.24) is 10.6 Å². The summed E-state index contributed by atoms with van der Waals surface area (Å²) in [5, 5.41) is 37.2. The second kappa shape index (κ2) is 12.9.